The smallest absolute Gasteiger partial charge is 0.308 e. The van der Waals surface area contributed by atoms with E-state index in [1.807, 2.05) is 19.1 Å². The zero-order chi connectivity index (χ0) is 12.8. The highest BCUT2D eigenvalue weighted by Crippen LogP contribution is 2.16. The average molecular weight is 252 g/mol. The van der Waals surface area contributed by atoms with E-state index < -0.39 is 0 Å². The molecule has 0 radical (unpaired) electrons. The molecule has 1 aromatic rings. The van der Waals surface area contributed by atoms with E-state index in [4.69, 9.17) is 4.52 Å². The largest absolute Gasteiger partial charge is 0.448 e. The molecule has 0 aliphatic heterocycles. The van der Waals surface area contributed by atoms with E-state index in [1.54, 1.807) is 25.7 Å². The van der Waals surface area contributed by atoms with Crippen LogP contribution in [0.25, 0.3) is 0 Å². The lowest BCUT2D eigenvalue weighted by Crippen LogP contribution is -2.15. The molecule has 0 bridgehead atoms. The lowest BCUT2D eigenvalue weighted by atomic mass is 9.96. The minimum atomic E-state index is -0.332. The van der Waals surface area contributed by atoms with Gasteiger partial charge in [0, 0.05) is 11.5 Å². The zero-order valence-corrected chi connectivity index (χ0v) is 11.3. The lowest BCUT2D eigenvalue weighted by Gasteiger charge is -2.09. The molecule has 4 heteroatoms. The van der Waals surface area contributed by atoms with Crippen molar-refractivity contribution in [2.45, 2.75) is 20.3 Å². The van der Waals surface area contributed by atoms with Gasteiger partial charge in [-0.15, -0.1) is 0 Å². The molecule has 0 saturated carbocycles. The second-order valence-electron chi connectivity index (χ2n) is 4.01. The van der Waals surface area contributed by atoms with Gasteiger partial charge in [0.25, 0.3) is 0 Å². The number of hydrogen-bond donors (Lipinski definition) is 0. The Morgan fingerprint density at radius 2 is 1.88 bits per heavy atom. The van der Waals surface area contributed by atoms with Gasteiger partial charge in [-0.2, -0.15) is 0 Å². The molecule has 0 heterocycles. The standard InChI is InChI=1S/C13H17O3P/c1-9-4-6-11(7-5-9)13(15)10(2)8-12(14)16-17-3/h4-7,10,17H,8H2,1-3H3. The van der Waals surface area contributed by atoms with Crippen LogP contribution in [0.2, 0.25) is 0 Å². The highest BCUT2D eigenvalue weighted by atomic mass is 31.1. The molecule has 1 aromatic carbocycles. The predicted molar refractivity (Wildman–Crippen MR) is 69.6 cm³/mol. The van der Waals surface area contributed by atoms with Crippen molar-refractivity contribution >= 4 is 20.6 Å². The van der Waals surface area contributed by atoms with Crippen molar-refractivity contribution in [3.8, 4) is 0 Å². The fourth-order valence-electron chi connectivity index (χ4n) is 1.50. The van der Waals surface area contributed by atoms with Gasteiger partial charge in [0.2, 0.25) is 0 Å². The van der Waals surface area contributed by atoms with E-state index in [0.717, 1.165) is 5.56 Å². The topological polar surface area (TPSA) is 43.4 Å². The second-order valence-corrected chi connectivity index (χ2v) is 4.63. The third-order valence-corrected chi connectivity index (χ3v) is 2.90. The van der Waals surface area contributed by atoms with Crippen LogP contribution in [0.5, 0.6) is 0 Å². The summed E-state index contributed by atoms with van der Waals surface area (Å²) in [6.45, 7) is 5.50. The summed E-state index contributed by atoms with van der Waals surface area (Å²) in [7, 11) is 0.135. The Morgan fingerprint density at radius 1 is 1.29 bits per heavy atom. The van der Waals surface area contributed by atoms with Crippen molar-refractivity contribution < 1.29 is 14.1 Å². The van der Waals surface area contributed by atoms with Gasteiger partial charge in [0.05, 0.1) is 15.2 Å². The maximum Gasteiger partial charge on any atom is 0.308 e. The van der Waals surface area contributed by atoms with Crippen LogP contribution in [0.3, 0.4) is 0 Å². The highest BCUT2D eigenvalue weighted by molar-refractivity contribution is 7.31. The second kappa shape index (κ2) is 6.51. The van der Waals surface area contributed by atoms with Crippen molar-refractivity contribution in [1.82, 2.24) is 0 Å². The minimum Gasteiger partial charge on any atom is -0.448 e. The van der Waals surface area contributed by atoms with E-state index in [9.17, 15) is 9.59 Å². The molecule has 0 aromatic heterocycles. The zero-order valence-electron chi connectivity index (χ0n) is 10.3. The van der Waals surface area contributed by atoms with E-state index in [1.165, 1.54) is 0 Å². The van der Waals surface area contributed by atoms with Gasteiger partial charge < -0.3 is 4.52 Å². The number of hydrogen-bond acceptors (Lipinski definition) is 3. The summed E-state index contributed by atoms with van der Waals surface area (Å²) in [5.41, 5.74) is 1.76. The number of rotatable bonds is 5. The summed E-state index contributed by atoms with van der Waals surface area (Å²) in [6.07, 6.45) is 0.146. The molecule has 0 aliphatic rings. The summed E-state index contributed by atoms with van der Waals surface area (Å²) in [4.78, 5) is 23.3. The Hall–Kier alpha value is -1.21. The summed E-state index contributed by atoms with van der Waals surface area (Å²) in [5, 5.41) is 0. The minimum absolute atomic E-state index is 0.0126. The first kappa shape index (κ1) is 13.9. The summed E-state index contributed by atoms with van der Waals surface area (Å²) in [6, 6.07) is 7.37. The Labute approximate surface area is 103 Å². The van der Waals surface area contributed by atoms with E-state index in [-0.39, 0.29) is 32.9 Å². The van der Waals surface area contributed by atoms with Gasteiger partial charge in [-0.3, -0.25) is 9.59 Å². The maximum absolute atomic E-state index is 12.0. The Bertz CT molecular complexity index is 398. The highest BCUT2D eigenvalue weighted by Gasteiger charge is 2.19. The van der Waals surface area contributed by atoms with Crippen LogP contribution in [0.1, 0.15) is 29.3 Å². The summed E-state index contributed by atoms with van der Waals surface area (Å²) < 4.78 is 4.85. The van der Waals surface area contributed by atoms with Crippen molar-refractivity contribution in [3.05, 3.63) is 35.4 Å². The first-order chi connectivity index (χ1) is 8.04. The van der Waals surface area contributed by atoms with E-state index >= 15 is 0 Å². The SMILES string of the molecule is CPOC(=O)CC(C)C(=O)c1ccc(C)cc1. The molecule has 0 fully saturated rings. The predicted octanol–water partition coefficient (Wildman–Crippen LogP) is 2.97. The quantitative estimate of drug-likeness (QED) is 0.597. The molecule has 0 spiro atoms. The Kier molecular flexibility index (Phi) is 5.30. The van der Waals surface area contributed by atoms with Crippen LogP contribution in [-0.4, -0.2) is 18.4 Å². The molecule has 0 amide bonds. The van der Waals surface area contributed by atoms with Gasteiger partial charge >= 0.3 is 5.97 Å². The van der Waals surface area contributed by atoms with E-state index in [2.05, 4.69) is 0 Å². The van der Waals surface area contributed by atoms with Gasteiger partial charge in [-0.05, 0) is 13.6 Å². The Morgan fingerprint density at radius 3 is 2.41 bits per heavy atom. The number of ketones is 1. The van der Waals surface area contributed by atoms with Crippen LogP contribution in [0.4, 0.5) is 0 Å². The molecule has 0 N–H and O–H groups in total. The number of carbonyl (C=O) groups excluding carboxylic acids is 2. The van der Waals surface area contributed by atoms with E-state index in [0.29, 0.717) is 5.56 Å². The molecular formula is C13H17O3P. The monoisotopic (exact) mass is 252 g/mol. The third kappa shape index (κ3) is 4.27. The molecule has 92 valence electrons. The van der Waals surface area contributed by atoms with Gasteiger partial charge in [-0.25, -0.2) is 0 Å². The van der Waals surface area contributed by atoms with Gasteiger partial charge in [0.15, 0.2) is 5.78 Å². The fraction of sp³-hybridized carbons (Fsp3) is 0.385. The fourth-order valence-corrected chi connectivity index (χ4v) is 1.81. The summed E-state index contributed by atoms with van der Waals surface area (Å²) in [5.74, 6) is -0.651. The molecule has 1 rings (SSSR count). The van der Waals surface area contributed by atoms with Crippen LogP contribution < -0.4 is 0 Å². The first-order valence-corrected chi connectivity index (χ1v) is 6.92. The molecule has 2 unspecified atom stereocenters. The maximum atomic E-state index is 12.0. The normalized spacial score (nSPS) is 12.6. The lowest BCUT2D eigenvalue weighted by molar-refractivity contribution is -0.134. The third-order valence-electron chi connectivity index (χ3n) is 2.47. The van der Waals surface area contributed by atoms with Crippen molar-refractivity contribution in [1.29, 1.82) is 0 Å². The average Bonchev–Trinajstić information content (AvgIpc) is 2.29. The Balaban J connectivity index is 2.63. The number of Topliss-reactive ketones (excluding diaryl/α,β-unsaturated/α-hetero) is 1. The van der Waals surface area contributed by atoms with Crippen LogP contribution in [-0.2, 0) is 9.32 Å². The number of carbonyl (C=O) groups is 2. The van der Waals surface area contributed by atoms with Gasteiger partial charge in [-0.1, -0.05) is 36.8 Å². The van der Waals surface area contributed by atoms with Crippen molar-refractivity contribution in [3.63, 3.8) is 0 Å². The van der Waals surface area contributed by atoms with Gasteiger partial charge in [0.1, 0.15) is 0 Å². The molecule has 17 heavy (non-hydrogen) atoms. The first-order valence-electron chi connectivity index (χ1n) is 5.52. The molecule has 3 nitrogen and oxygen atoms in total. The van der Waals surface area contributed by atoms with Crippen LogP contribution in [0, 0.1) is 12.8 Å². The van der Waals surface area contributed by atoms with Crippen LogP contribution in [0.15, 0.2) is 24.3 Å². The van der Waals surface area contributed by atoms with Crippen molar-refractivity contribution in [2.75, 3.05) is 6.66 Å². The summed E-state index contributed by atoms with van der Waals surface area (Å²) >= 11 is 0. The molecular weight excluding hydrogens is 235 g/mol. The molecule has 2 atom stereocenters. The molecule has 0 saturated heterocycles. The van der Waals surface area contributed by atoms with Crippen LogP contribution >= 0.6 is 8.81 Å². The number of benzene rings is 1. The van der Waals surface area contributed by atoms with Crippen molar-refractivity contribution in [2.24, 2.45) is 5.92 Å². The molecule has 0 aliphatic carbocycles. The number of aryl methyl sites for hydroxylation is 1.